The predicted molar refractivity (Wildman–Crippen MR) is 123 cm³/mol. The number of nitrogens with zero attached hydrogens (tertiary/aromatic N) is 1. The number of ether oxygens (including phenoxy) is 1. The first kappa shape index (κ1) is 20.8. The van der Waals surface area contributed by atoms with Gasteiger partial charge in [0.1, 0.15) is 5.75 Å². The number of rotatable bonds is 8. The average molecular weight is 396 g/mol. The molecular weight excluding hydrogens is 372 g/mol. The van der Waals surface area contributed by atoms with Gasteiger partial charge in [-0.15, -0.1) is 0 Å². The largest absolute Gasteiger partial charge is 0.483 e. The first-order chi connectivity index (χ1) is 14.7. The minimum absolute atomic E-state index is 0.105. The number of amides is 1. The molecule has 0 radical (unpaired) electrons. The normalized spacial score (nSPS) is 10.8. The van der Waals surface area contributed by atoms with E-state index in [1.54, 1.807) is 0 Å². The molecule has 0 saturated carbocycles. The van der Waals surface area contributed by atoms with Crippen LogP contribution in [0, 0.1) is 6.92 Å². The summed E-state index contributed by atoms with van der Waals surface area (Å²) in [5.41, 5.74) is 6.26. The maximum Gasteiger partial charge on any atom is 0.277 e. The van der Waals surface area contributed by atoms with Crippen molar-refractivity contribution < 1.29 is 9.53 Å². The van der Waals surface area contributed by atoms with Gasteiger partial charge in [-0.05, 0) is 41.8 Å². The molecule has 0 spiro atoms. The number of hydrazone groups is 1. The molecule has 0 aliphatic carbocycles. The first-order valence-corrected chi connectivity index (χ1v) is 9.72. The van der Waals surface area contributed by atoms with Crippen LogP contribution in [0.2, 0.25) is 0 Å². The van der Waals surface area contributed by atoms with Crippen LogP contribution in [0.3, 0.4) is 0 Å². The molecule has 3 rings (SSSR count). The third kappa shape index (κ3) is 6.91. The number of hydrogen-bond donors (Lipinski definition) is 1. The van der Waals surface area contributed by atoms with Crippen molar-refractivity contribution in [2.45, 2.75) is 6.92 Å². The van der Waals surface area contributed by atoms with Crippen LogP contribution < -0.4 is 10.2 Å². The molecule has 30 heavy (non-hydrogen) atoms. The van der Waals surface area contributed by atoms with Crippen molar-refractivity contribution >= 4 is 23.8 Å². The molecule has 0 heterocycles. The second kappa shape index (κ2) is 11.2. The lowest BCUT2D eigenvalue weighted by Gasteiger charge is -2.07. The third-order valence-corrected chi connectivity index (χ3v) is 4.25. The number of carbonyl (C=O) groups excluding carboxylic acids is 1. The predicted octanol–water partition coefficient (Wildman–Crippen LogP) is 5.27. The SMILES string of the molecule is Cc1ccccc1OCC(=O)NN=C(C=Cc1ccccc1)C=Cc1ccccc1. The van der Waals surface area contributed by atoms with Crippen LogP contribution in [0.5, 0.6) is 5.75 Å². The fraction of sp³-hybridized carbons (Fsp3) is 0.0769. The lowest BCUT2D eigenvalue weighted by atomic mass is 10.1. The Morgan fingerprint density at radius 1 is 0.833 bits per heavy atom. The van der Waals surface area contributed by atoms with Crippen LogP contribution in [0.4, 0.5) is 0 Å². The lowest BCUT2D eigenvalue weighted by Crippen LogP contribution is -2.25. The topological polar surface area (TPSA) is 50.7 Å². The first-order valence-electron chi connectivity index (χ1n) is 9.72. The molecule has 150 valence electrons. The lowest BCUT2D eigenvalue weighted by molar-refractivity contribution is -0.123. The summed E-state index contributed by atoms with van der Waals surface area (Å²) in [7, 11) is 0. The standard InChI is InChI=1S/C26H24N2O2/c1-21-10-8-9-15-25(21)30-20-26(29)28-27-24(18-16-22-11-4-2-5-12-22)19-17-23-13-6-3-7-14-23/h2-19H,20H2,1H3,(H,28,29). The van der Waals surface area contributed by atoms with Crippen molar-refractivity contribution in [1.29, 1.82) is 0 Å². The van der Waals surface area contributed by atoms with Crippen molar-refractivity contribution in [2.24, 2.45) is 5.10 Å². The second-order valence-electron chi connectivity index (χ2n) is 6.61. The molecule has 4 nitrogen and oxygen atoms in total. The Morgan fingerprint density at radius 3 is 1.93 bits per heavy atom. The molecule has 3 aromatic rings. The van der Waals surface area contributed by atoms with E-state index in [9.17, 15) is 4.79 Å². The van der Waals surface area contributed by atoms with Gasteiger partial charge in [-0.3, -0.25) is 4.79 Å². The van der Waals surface area contributed by atoms with Gasteiger partial charge in [0.2, 0.25) is 0 Å². The van der Waals surface area contributed by atoms with Crippen LogP contribution in [0.15, 0.2) is 102 Å². The molecule has 0 aliphatic rings. The van der Waals surface area contributed by atoms with Gasteiger partial charge in [0.15, 0.2) is 6.61 Å². The van der Waals surface area contributed by atoms with E-state index in [2.05, 4.69) is 10.5 Å². The Hall–Kier alpha value is -3.92. The van der Waals surface area contributed by atoms with Gasteiger partial charge >= 0.3 is 0 Å². The Balaban J connectivity index is 1.67. The van der Waals surface area contributed by atoms with E-state index in [1.165, 1.54) is 0 Å². The maximum atomic E-state index is 12.2. The van der Waals surface area contributed by atoms with Crippen LogP contribution in [-0.4, -0.2) is 18.2 Å². The molecule has 0 fully saturated rings. The molecule has 3 aromatic carbocycles. The molecule has 0 unspecified atom stereocenters. The highest BCUT2D eigenvalue weighted by Crippen LogP contribution is 2.15. The van der Waals surface area contributed by atoms with E-state index >= 15 is 0 Å². The highest BCUT2D eigenvalue weighted by Gasteiger charge is 2.03. The summed E-state index contributed by atoms with van der Waals surface area (Å²) >= 11 is 0. The summed E-state index contributed by atoms with van der Waals surface area (Å²) in [6, 6.07) is 27.4. The maximum absolute atomic E-state index is 12.2. The summed E-state index contributed by atoms with van der Waals surface area (Å²) < 4.78 is 5.57. The molecule has 4 heteroatoms. The zero-order valence-electron chi connectivity index (χ0n) is 16.9. The van der Waals surface area contributed by atoms with Crippen LogP contribution >= 0.6 is 0 Å². The van der Waals surface area contributed by atoms with E-state index in [0.717, 1.165) is 16.7 Å². The minimum Gasteiger partial charge on any atom is -0.483 e. The Bertz CT molecular complexity index is 987. The van der Waals surface area contributed by atoms with E-state index < -0.39 is 0 Å². The molecule has 0 aliphatic heterocycles. The zero-order valence-corrected chi connectivity index (χ0v) is 16.9. The Morgan fingerprint density at radius 2 is 1.37 bits per heavy atom. The average Bonchev–Trinajstić information content (AvgIpc) is 2.79. The van der Waals surface area contributed by atoms with Gasteiger partial charge in [0.05, 0.1) is 5.71 Å². The van der Waals surface area contributed by atoms with Gasteiger partial charge < -0.3 is 4.74 Å². The van der Waals surface area contributed by atoms with Crippen molar-refractivity contribution in [1.82, 2.24) is 5.43 Å². The number of benzene rings is 3. The zero-order chi connectivity index (χ0) is 21.0. The number of carbonyl (C=O) groups is 1. The van der Waals surface area contributed by atoms with Crippen molar-refractivity contribution in [2.75, 3.05) is 6.61 Å². The molecule has 0 aromatic heterocycles. The van der Waals surface area contributed by atoms with Crippen molar-refractivity contribution in [3.8, 4) is 5.75 Å². The number of nitrogens with one attached hydrogen (secondary N) is 1. The van der Waals surface area contributed by atoms with Gasteiger partial charge in [-0.25, -0.2) is 5.43 Å². The number of hydrogen-bond acceptors (Lipinski definition) is 3. The summed E-state index contributed by atoms with van der Waals surface area (Å²) in [5, 5.41) is 4.25. The highest BCUT2D eigenvalue weighted by molar-refractivity contribution is 6.08. The monoisotopic (exact) mass is 396 g/mol. The van der Waals surface area contributed by atoms with E-state index in [4.69, 9.17) is 4.74 Å². The molecule has 0 bridgehead atoms. The Labute approximate surface area is 177 Å². The number of allylic oxidation sites excluding steroid dienone is 2. The molecule has 1 amide bonds. The van der Waals surface area contributed by atoms with Crippen LogP contribution in [0.25, 0.3) is 12.2 Å². The molecule has 1 N–H and O–H groups in total. The van der Waals surface area contributed by atoms with E-state index in [1.807, 2.05) is 116 Å². The van der Waals surface area contributed by atoms with Gasteiger partial charge in [-0.1, -0.05) is 91.0 Å². The summed E-state index contributed by atoms with van der Waals surface area (Å²) in [6.45, 7) is 1.83. The quantitative estimate of drug-likeness (QED) is 0.416. The fourth-order valence-corrected chi connectivity index (χ4v) is 2.64. The molecule has 0 atom stereocenters. The molecular formula is C26H24N2O2. The van der Waals surface area contributed by atoms with Gasteiger partial charge in [0, 0.05) is 0 Å². The number of aryl methyl sites for hydroxylation is 1. The fourth-order valence-electron chi connectivity index (χ4n) is 2.64. The van der Waals surface area contributed by atoms with Gasteiger partial charge in [-0.2, -0.15) is 5.10 Å². The van der Waals surface area contributed by atoms with Crippen molar-refractivity contribution in [3.05, 3.63) is 114 Å². The smallest absolute Gasteiger partial charge is 0.277 e. The van der Waals surface area contributed by atoms with Crippen LogP contribution in [0.1, 0.15) is 16.7 Å². The summed E-state index contributed by atoms with van der Waals surface area (Å²) in [5.74, 6) is 0.363. The second-order valence-corrected chi connectivity index (χ2v) is 6.61. The van der Waals surface area contributed by atoms with Crippen molar-refractivity contribution in [3.63, 3.8) is 0 Å². The van der Waals surface area contributed by atoms with E-state index in [0.29, 0.717) is 11.5 Å². The molecule has 0 saturated heterocycles. The third-order valence-electron chi connectivity index (χ3n) is 4.25. The number of para-hydroxylation sites is 1. The highest BCUT2D eigenvalue weighted by atomic mass is 16.5. The minimum atomic E-state index is -0.322. The summed E-state index contributed by atoms with van der Waals surface area (Å²) in [6.07, 6.45) is 7.61. The van der Waals surface area contributed by atoms with E-state index in [-0.39, 0.29) is 12.5 Å². The summed E-state index contributed by atoms with van der Waals surface area (Å²) in [4.78, 5) is 12.2. The Kier molecular flexibility index (Phi) is 7.75. The van der Waals surface area contributed by atoms with Gasteiger partial charge in [0.25, 0.3) is 5.91 Å². The van der Waals surface area contributed by atoms with Crippen LogP contribution in [-0.2, 0) is 4.79 Å².